The summed E-state index contributed by atoms with van der Waals surface area (Å²) >= 11 is 3.84. The van der Waals surface area contributed by atoms with E-state index < -0.39 is 0 Å². The Labute approximate surface area is 124 Å². The standard InChI is InChI=1S/C16H21NS2/c1-2-18-12-7-11-17-16(15-10-6-13-19-15)14-8-4-3-5-9-14/h3-6,8-10,13,16-17H,2,7,11-12H2,1H3. The Morgan fingerprint density at radius 3 is 2.68 bits per heavy atom. The summed E-state index contributed by atoms with van der Waals surface area (Å²) in [5.74, 6) is 2.46. The zero-order chi connectivity index (χ0) is 13.3. The molecular formula is C16H21NS2. The first-order valence-corrected chi connectivity index (χ1v) is 8.84. The van der Waals surface area contributed by atoms with E-state index >= 15 is 0 Å². The molecule has 0 spiro atoms. The van der Waals surface area contributed by atoms with Gasteiger partial charge in [0.1, 0.15) is 0 Å². The molecule has 0 saturated carbocycles. The van der Waals surface area contributed by atoms with Crippen LogP contribution < -0.4 is 5.32 Å². The predicted molar refractivity (Wildman–Crippen MR) is 88.2 cm³/mol. The molecule has 1 heterocycles. The van der Waals surface area contributed by atoms with Crippen LogP contribution in [0.2, 0.25) is 0 Å². The second-order valence-corrected chi connectivity index (χ2v) is 6.74. The first-order valence-electron chi connectivity index (χ1n) is 6.81. The molecule has 1 N–H and O–H groups in total. The molecule has 0 aliphatic heterocycles. The van der Waals surface area contributed by atoms with Crippen LogP contribution in [-0.4, -0.2) is 18.1 Å². The van der Waals surface area contributed by atoms with Crippen LogP contribution in [0.5, 0.6) is 0 Å². The molecule has 19 heavy (non-hydrogen) atoms. The molecule has 1 unspecified atom stereocenters. The second kappa shape index (κ2) is 8.41. The van der Waals surface area contributed by atoms with E-state index in [-0.39, 0.29) is 0 Å². The van der Waals surface area contributed by atoms with Gasteiger partial charge in [0.15, 0.2) is 0 Å². The highest BCUT2D eigenvalue weighted by molar-refractivity contribution is 7.99. The Kier molecular flexibility index (Phi) is 6.48. The highest BCUT2D eigenvalue weighted by Gasteiger charge is 2.13. The molecule has 1 nitrogen and oxygen atoms in total. The SMILES string of the molecule is CCSCCCNC(c1ccccc1)c1cccs1. The molecule has 102 valence electrons. The zero-order valence-corrected chi connectivity index (χ0v) is 13.0. The molecule has 0 bridgehead atoms. The number of thioether (sulfide) groups is 1. The van der Waals surface area contributed by atoms with E-state index in [4.69, 9.17) is 0 Å². The van der Waals surface area contributed by atoms with E-state index in [1.54, 1.807) is 0 Å². The van der Waals surface area contributed by atoms with Gasteiger partial charge in [-0.15, -0.1) is 11.3 Å². The lowest BCUT2D eigenvalue weighted by Gasteiger charge is -2.18. The minimum absolute atomic E-state index is 0.341. The van der Waals surface area contributed by atoms with Crippen molar-refractivity contribution in [3.63, 3.8) is 0 Å². The lowest BCUT2D eigenvalue weighted by molar-refractivity contribution is 0.608. The summed E-state index contributed by atoms with van der Waals surface area (Å²) < 4.78 is 0. The number of hydrogen-bond acceptors (Lipinski definition) is 3. The van der Waals surface area contributed by atoms with E-state index in [0.717, 1.165) is 6.54 Å². The predicted octanol–water partition coefficient (Wildman–Crippen LogP) is 4.57. The van der Waals surface area contributed by atoms with Gasteiger partial charge in [-0.3, -0.25) is 0 Å². The van der Waals surface area contributed by atoms with Crippen molar-refractivity contribution in [2.24, 2.45) is 0 Å². The van der Waals surface area contributed by atoms with Crippen LogP contribution in [0.4, 0.5) is 0 Å². The van der Waals surface area contributed by atoms with Crippen LogP contribution in [0.15, 0.2) is 47.8 Å². The highest BCUT2D eigenvalue weighted by atomic mass is 32.2. The van der Waals surface area contributed by atoms with Gasteiger partial charge in [-0.2, -0.15) is 11.8 Å². The molecule has 1 aromatic heterocycles. The van der Waals surface area contributed by atoms with Crippen molar-refractivity contribution in [2.45, 2.75) is 19.4 Å². The summed E-state index contributed by atoms with van der Waals surface area (Å²) in [7, 11) is 0. The Morgan fingerprint density at radius 1 is 1.16 bits per heavy atom. The smallest absolute Gasteiger partial charge is 0.0671 e. The van der Waals surface area contributed by atoms with Gasteiger partial charge < -0.3 is 5.32 Å². The number of thiophene rings is 1. The third-order valence-corrected chi connectivity index (χ3v) is 4.90. The van der Waals surface area contributed by atoms with Crippen molar-refractivity contribution in [1.29, 1.82) is 0 Å². The van der Waals surface area contributed by atoms with Gasteiger partial charge in [0, 0.05) is 4.88 Å². The number of nitrogens with one attached hydrogen (secondary N) is 1. The average Bonchev–Trinajstić information content (AvgIpc) is 2.98. The van der Waals surface area contributed by atoms with Crippen molar-refractivity contribution in [1.82, 2.24) is 5.32 Å². The van der Waals surface area contributed by atoms with Crippen molar-refractivity contribution in [2.75, 3.05) is 18.1 Å². The lowest BCUT2D eigenvalue weighted by Crippen LogP contribution is -2.23. The summed E-state index contributed by atoms with van der Waals surface area (Å²) in [4.78, 5) is 1.40. The summed E-state index contributed by atoms with van der Waals surface area (Å²) in [5, 5.41) is 5.85. The van der Waals surface area contributed by atoms with Crippen LogP contribution in [0.3, 0.4) is 0 Å². The molecule has 0 saturated heterocycles. The second-order valence-electron chi connectivity index (χ2n) is 4.36. The molecule has 0 aliphatic carbocycles. The number of benzene rings is 1. The molecule has 0 aliphatic rings. The lowest BCUT2D eigenvalue weighted by atomic mass is 10.1. The first-order chi connectivity index (χ1) is 9.42. The average molecular weight is 291 g/mol. The minimum atomic E-state index is 0.341. The van der Waals surface area contributed by atoms with E-state index in [2.05, 4.69) is 60.1 Å². The van der Waals surface area contributed by atoms with Crippen LogP contribution in [0.25, 0.3) is 0 Å². The van der Waals surface area contributed by atoms with Gasteiger partial charge in [0.05, 0.1) is 6.04 Å². The van der Waals surface area contributed by atoms with Gasteiger partial charge in [0.2, 0.25) is 0 Å². The Balaban J connectivity index is 1.96. The van der Waals surface area contributed by atoms with E-state index in [9.17, 15) is 0 Å². The molecular weight excluding hydrogens is 270 g/mol. The third-order valence-electron chi connectivity index (χ3n) is 2.98. The number of hydrogen-bond donors (Lipinski definition) is 1. The summed E-state index contributed by atoms with van der Waals surface area (Å²) in [5.41, 5.74) is 1.35. The van der Waals surface area contributed by atoms with Crippen LogP contribution in [0, 0.1) is 0 Å². The van der Waals surface area contributed by atoms with Crippen LogP contribution >= 0.6 is 23.1 Å². The fraction of sp³-hybridized carbons (Fsp3) is 0.375. The van der Waals surface area contributed by atoms with Crippen molar-refractivity contribution in [3.8, 4) is 0 Å². The molecule has 0 amide bonds. The summed E-state index contributed by atoms with van der Waals surface area (Å²) in [6.07, 6.45) is 1.23. The topological polar surface area (TPSA) is 12.0 Å². The van der Waals surface area contributed by atoms with Gasteiger partial charge in [-0.25, -0.2) is 0 Å². The molecule has 2 rings (SSSR count). The largest absolute Gasteiger partial charge is 0.306 e. The maximum Gasteiger partial charge on any atom is 0.0671 e. The quantitative estimate of drug-likeness (QED) is 0.715. The van der Waals surface area contributed by atoms with Gasteiger partial charge >= 0.3 is 0 Å². The normalized spacial score (nSPS) is 12.5. The monoisotopic (exact) mass is 291 g/mol. The van der Waals surface area contributed by atoms with Crippen molar-refractivity contribution in [3.05, 3.63) is 58.3 Å². The van der Waals surface area contributed by atoms with Gasteiger partial charge in [0.25, 0.3) is 0 Å². The zero-order valence-electron chi connectivity index (χ0n) is 11.3. The van der Waals surface area contributed by atoms with Crippen LogP contribution in [-0.2, 0) is 0 Å². The number of rotatable bonds is 8. The Hall–Kier alpha value is -0.770. The van der Waals surface area contributed by atoms with E-state index in [0.29, 0.717) is 6.04 Å². The maximum atomic E-state index is 3.69. The molecule has 3 heteroatoms. The van der Waals surface area contributed by atoms with E-state index in [1.165, 1.54) is 28.4 Å². The fourth-order valence-corrected chi connectivity index (χ4v) is 3.51. The molecule has 0 radical (unpaired) electrons. The first kappa shape index (κ1) is 14.6. The minimum Gasteiger partial charge on any atom is -0.306 e. The fourth-order valence-electron chi connectivity index (χ4n) is 2.05. The Bertz CT molecular complexity index is 439. The van der Waals surface area contributed by atoms with Gasteiger partial charge in [-0.05, 0) is 41.5 Å². The summed E-state index contributed by atoms with van der Waals surface area (Å²) in [6.45, 7) is 3.29. The molecule has 2 aromatic rings. The molecule has 1 atom stereocenters. The highest BCUT2D eigenvalue weighted by Crippen LogP contribution is 2.25. The molecule has 1 aromatic carbocycles. The van der Waals surface area contributed by atoms with Crippen molar-refractivity contribution < 1.29 is 0 Å². The van der Waals surface area contributed by atoms with E-state index in [1.807, 2.05) is 23.1 Å². The van der Waals surface area contributed by atoms with Crippen LogP contribution in [0.1, 0.15) is 29.8 Å². The Morgan fingerprint density at radius 2 is 2.00 bits per heavy atom. The third kappa shape index (κ3) is 4.68. The van der Waals surface area contributed by atoms with Crippen molar-refractivity contribution >= 4 is 23.1 Å². The molecule has 0 fully saturated rings. The van der Waals surface area contributed by atoms with Gasteiger partial charge in [-0.1, -0.05) is 43.3 Å². The maximum absolute atomic E-state index is 3.69. The summed E-state index contributed by atoms with van der Waals surface area (Å²) in [6, 6.07) is 15.4.